The molecule has 0 fully saturated rings. The fourth-order valence-corrected chi connectivity index (χ4v) is 11.5. The van der Waals surface area contributed by atoms with Crippen LogP contribution >= 0.6 is 69.1 Å². The molecule has 6 aromatic rings. The summed E-state index contributed by atoms with van der Waals surface area (Å²) in [7, 11) is 0. The number of nitrogens with zero attached hydrogens (tertiary/aromatic N) is 4. The molecule has 5 N–H and O–H groups in total. The van der Waals surface area contributed by atoms with Gasteiger partial charge in [-0.15, -0.1) is 22.7 Å². The van der Waals surface area contributed by atoms with Gasteiger partial charge in [0.2, 0.25) is 0 Å². The molecule has 2 aromatic heterocycles. The smallest absolute Gasteiger partial charge is 0.407 e. The highest BCUT2D eigenvalue weighted by molar-refractivity contribution is 7.16. The Kier molecular flexibility index (Phi) is 27.4. The molecule has 0 saturated heterocycles. The zero-order valence-electron chi connectivity index (χ0n) is 48.6. The number of rotatable bonds is 27. The number of amides is 3. The van der Waals surface area contributed by atoms with Gasteiger partial charge in [0.1, 0.15) is 5.60 Å². The zero-order valence-corrected chi connectivity index (χ0v) is 53.3. The second-order valence-corrected chi connectivity index (χ2v) is 24.8. The summed E-state index contributed by atoms with van der Waals surface area (Å²) in [5.74, 6) is -0.193. The number of ether oxygens (including phenoxy) is 3. The lowest BCUT2D eigenvalue weighted by atomic mass is 10.0. The first-order valence-corrected chi connectivity index (χ1v) is 30.7. The van der Waals surface area contributed by atoms with Crippen molar-refractivity contribution in [2.45, 2.75) is 107 Å². The van der Waals surface area contributed by atoms with Crippen LogP contribution in [0.5, 0.6) is 0 Å². The predicted molar refractivity (Wildman–Crippen MR) is 338 cm³/mol. The van der Waals surface area contributed by atoms with Crippen LogP contribution in [0.15, 0.2) is 84.9 Å². The average molecular weight is 1260 g/mol. The number of halogens is 4. The Morgan fingerprint density at radius 3 is 1.40 bits per heavy atom. The highest BCUT2D eigenvalue weighted by Gasteiger charge is 2.24. The summed E-state index contributed by atoms with van der Waals surface area (Å²) in [6.07, 6.45) is 1.52. The van der Waals surface area contributed by atoms with Crippen molar-refractivity contribution < 1.29 is 38.2 Å². The lowest BCUT2D eigenvalue weighted by molar-refractivity contribution is -0.143. The summed E-state index contributed by atoms with van der Waals surface area (Å²) in [6, 6.07) is 25.7. The van der Waals surface area contributed by atoms with Crippen LogP contribution in [0.1, 0.15) is 117 Å². The molecular formula is C61H76Cl4N8O8S2. The molecule has 448 valence electrons. The van der Waals surface area contributed by atoms with E-state index in [4.69, 9.17) is 76.3 Å². The van der Waals surface area contributed by atoms with Crippen molar-refractivity contribution in [1.29, 1.82) is 0 Å². The van der Waals surface area contributed by atoms with Crippen molar-refractivity contribution in [1.82, 2.24) is 25.9 Å². The quantitative estimate of drug-likeness (QED) is 0.0215. The molecule has 0 saturated carbocycles. The van der Waals surface area contributed by atoms with E-state index in [1.54, 1.807) is 81.6 Å². The minimum absolute atomic E-state index is 0.175. The summed E-state index contributed by atoms with van der Waals surface area (Å²) < 4.78 is 15.6. The third-order valence-corrected chi connectivity index (χ3v) is 15.7. The van der Waals surface area contributed by atoms with Crippen LogP contribution in [-0.4, -0.2) is 97.9 Å². The number of aromatic nitrogens is 2. The molecule has 83 heavy (non-hydrogen) atoms. The van der Waals surface area contributed by atoms with Gasteiger partial charge in [-0.05, 0) is 119 Å². The molecule has 0 spiro atoms. The molecule has 0 bridgehead atoms. The molecule has 16 nitrogen and oxygen atoms in total. The number of alkyl carbamates (subject to hydrolysis) is 1. The van der Waals surface area contributed by atoms with E-state index in [0.29, 0.717) is 95.5 Å². The second kappa shape index (κ2) is 33.5. The summed E-state index contributed by atoms with van der Waals surface area (Å²) in [6.45, 7) is 21.1. The summed E-state index contributed by atoms with van der Waals surface area (Å²) in [4.78, 5) is 78.2. The lowest BCUT2D eigenvalue weighted by Gasteiger charge is -2.22. The van der Waals surface area contributed by atoms with Crippen molar-refractivity contribution in [2.75, 3.05) is 62.3 Å². The summed E-state index contributed by atoms with van der Waals surface area (Å²) >= 11 is 28.2. The van der Waals surface area contributed by atoms with Gasteiger partial charge < -0.3 is 45.7 Å². The monoisotopic (exact) mass is 1250 g/mol. The van der Waals surface area contributed by atoms with Crippen molar-refractivity contribution in [3.63, 3.8) is 0 Å². The number of nitrogens with two attached hydrogens (primary N) is 1. The van der Waals surface area contributed by atoms with E-state index in [2.05, 4.69) is 48.5 Å². The molecule has 0 aliphatic carbocycles. The fourth-order valence-electron chi connectivity index (χ4n) is 8.22. The molecule has 6 rings (SSSR count). The van der Waals surface area contributed by atoms with Crippen LogP contribution < -0.4 is 31.5 Å². The maximum absolute atomic E-state index is 12.9. The van der Waals surface area contributed by atoms with Crippen molar-refractivity contribution in [3.8, 4) is 22.5 Å². The van der Waals surface area contributed by atoms with Crippen LogP contribution in [0, 0.1) is 11.8 Å². The Morgan fingerprint density at radius 2 is 1.01 bits per heavy atom. The van der Waals surface area contributed by atoms with Crippen LogP contribution in [0.2, 0.25) is 20.1 Å². The number of hydrogen-bond acceptors (Lipinski definition) is 15. The Balaban J connectivity index is 0.000000308. The number of thiazole rings is 2. The van der Waals surface area contributed by atoms with Gasteiger partial charge in [-0.25, -0.2) is 14.8 Å². The topological polar surface area (TPSA) is 207 Å². The minimum Gasteiger partial charge on any atom is -0.466 e. The van der Waals surface area contributed by atoms with Gasteiger partial charge in [0.05, 0.1) is 57.5 Å². The maximum Gasteiger partial charge on any atom is 0.407 e. The molecule has 0 unspecified atom stereocenters. The molecule has 0 radical (unpaired) electrons. The summed E-state index contributed by atoms with van der Waals surface area (Å²) in [5, 5.41) is 11.7. The Morgan fingerprint density at radius 1 is 0.590 bits per heavy atom. The van der Waals surface area contributed by atoms with Crippen LogP contribution in [-0.2, 0) is 49.7 Å². The Hall–Kier alpha value is -5.99. The maximum atomic E-state index is 12.9. The van der Waals surface area contributed by atoms with E-state index in [1.807, 2.05) is 65.6 Å². The Bertz CT molecular complexity index is 3130. The SMILES string of the molecule is CCOC(=O)CCN(Cc1cccc(C(=O)NCCN)c1)c1nc(-c2ccc(Cl)c(Cl)c2)c(CC(C)C)s1.CCOC(=O)CCN(Cc1cccc(C(=O)NCCNC(=O)OC(C)(C)C)c1)c1nc(-c2ccc(Cl)c(Cl)c2)c(CC(C)C)s1. The molecule has 0 atom stereocenters. The van der Waals surface area contributed by atoms with Crippen molar-refractivity contribution in [3.05, 3.63) is 137 Å². The lowest BCUT2D eigenvalue weighted by Crippen LogP contribution is -2.37. The molecule has 3 amide bonds. The van der Waals surface area contributed by atoms with E-state index in [1.165, 1.54) is 0 Å². The molecule has 0 aliphatic heterocycles. The van der Waals surface area contributed by atoms with Gasteiger partial charge in [0.25, 0.3) is 11.8 Å². The van der Waals surface area contributed by atoms with E-state index in [9.17, 15) is 24.0 Å². The van der Waals surface area contributed by atoms with Crippen LogP contribution in [0.25, 0.3) is 22.5 Å². The Labute approximate surface area is 516 Å². The van der Waals surface area contributed by atoms with Gasteiger partial charge >= 0.3 is 18.0 Å². The molecular weight excluding hydrogens is 1180 g/mol. The van der Waals surface area contributed by atoms with Gasteiger partial charge in [-0.1, -0.05) is 110 Å². The predicted octanol–water partition coefficient (Wildman–Crippen LogP) is 13.5. The zero-order chi connectivity index (χ0) is 60.8. The van der Waals surface area contributed by atoms with Crippen LogP contribution in [0.4, 0.5) is 15.1 Å². The standard InChI is InChI=1S/C33H42Cl2N4O5S.C28H34Cl2N4O3S/c1-7-43-28(40)13-16-39(31-38-29(27(45-31)17-21(2)3)23-11-12-25(34)26(35)19-23)20-22-9-8-10-24(18-22)30(41)36-14-15-37-32(42)44-33(4,5)6;1-4-37-25(35)10-13-34(17-19-6-5-7-21(15-19)27(36)32-12-11-31)28-33-26(24(38-28)14-18(2)3)20-8-9-22(29)23(30)16-20/h8-12,18-19,21H,7,13-17,20H2,1-6H3,(H,36,41)(H,37,42);5-9,15-16,18H,4,10-14,17,31H2,1-3H3,(H,32,36). The first kappa shape index (κ1) is 67.8. The molecule has 22 heteroatoms. The van der Waals surface area contributed by atoms with E-state index >= 15 is 0 Å². The number of esters is 2. The van der Waals surface area contributed by atoms with Crippen LogP contribution in [0.3, 0.4) is 0 Å². The van der Waals surface area contributed by atoms with E-state index < -0.39 is 11.7 Å². The molecule has 4 aromatic carbocycles. The number of hydrogen-bond donors (Lipinski definition) is 4. The normalized spacial score (nSPS) is 11.2. The summed E-state index contributed by atoms with van der Waals surface area (Å²) in [5.41, 5.74) is 11.2. The minimum atomic E-state index is -0.599. The first-order valence-electron chi connectivity index (χ1n) is 27.6. The largest absolute Gasteiger partial charge is 0.466 e. The number of carbonyl (C=O) groups is 5. The van der Waals surface area contributed by atoms with Gasteiger partial charge in [-0.3, -0.25) is 19.2 Å². The fraction of sp³-hybridized carbons (Fsp3) is 0.426. The highest BCUT2D eigenvalue weighted by Crippen LogP contribution is 2.39. The van der Waals surface area contributed by atoms with E-state index in [0.717, 1.165) is 66.5 Å². The van der Waals surface area contributed by atoms with Gasteiger partial charge in [0.15, 0.2) is 10.3 Å². The van der Waals surface area contributed by atoms with Gasteiger partial charge in [-0.2, -0.15) is 0 Å². The number of carbonyl (C=O) groups excluding carboxylic acids is 5. The third-order valence-electron chi connectivity index (χ3n) is 11.9. The number of anilines is 2. The number of benzene rings is 4. The van der Waals surface area contributed by atoms with Crippen molar-refractivity contribution in [2.24, 2.45) is 17.6 Å². The highest BCUT2D eigenvalue weighted by atomic mass is 35.5. The third kappa shape index (κ3) is 22.5. The molecule has 2 heterocycles. The molecule has 0 aliphatic rings. The number of nitrogens with one attached hydrogen (secondary N) is 3. The van der Waals surface area contributed by atoms with Crippen molar-refractivity contribution >= 4 is 109 Å². The first-order chi connectivity index (χ1) is 39.5. The van der Waals surface area contributed by atoms with Gasteiger partial charge in [0, 0.05) is 84.4 Å². The second-order valence-electron chi connectivity index (χ2n) is 21.1. The van der Waals surface area contributed by atoms with E-state index in [-0.39, 0.29) is 49.7 Å². The average Bonchev–Trinajstić information content (AvgIpc) is 4.18.